The van der Waals surface area contributed by atoms with Gasteiger partial charge in [0, 0.05) is 50.2 Å². The molecular formula is C30H30F4N2O2Ti. The maximum atomic E-state index is 13.2. The minimum absolute atomic E-state index is 0. The Kier molecular flexibility index (Phi) is 17.8. The summed E-state index contributed by atoms with van der Waals surface area (Å²) in [6.45, 7) is 6.75. The van der Waals surface area contributed by atoms with Gasteiger partial charge < -0.3 is 9.80 Å². The number of rotatable bonds is 4. The van der Waals surface area contributed by atoms with Crippen molar-refractivity contribution in [1.82, 2.24) is 0 Å². The summed E-state index contributed by atoms with van der Waals surface area (Å²) < 4.78 is 51.4. The minimum Gasteiger partial charge on any atom is -0.364 e. The second-order valence-corrected chi connectivity index (χ2v) is 7.46. The van der Waals surface area contributed by atoms with Gasteiger partial charge >= 0.3 is 21.7 Å². The van der Waals surface area contributed by atoms with Gasteiger partial charge in [-0.3, -0.25) is 9.59 Å². The van der Waals surface area contributed by atoms with Crippen molar-refractivity contribution in [2.75, 3.05) is 22.9 Å². The largest absolute Gasteiger partial charge is 4.00 e. The third-order valence-corrected chi connectivity index (χ3v) is 4.77. The SMILES string of the molecule is CCN(C(C)=O)c1ccc(F)[c-]c1F.CCN(C(C)=O)c1ccc(F)[c-]c1F.[Ti+4].c1cc[cH-]c1.c1cc[cH-]c1. The van der Waals surface area contributed by atoms with E-state index >= 15 is 0 Å². The molecule has 4 aromatic carbocycles. The maximum absolute atomic E-state index is 13.2. The standard InChI is InChI=1S/2C10H10F2NO.2C5H5.Ti/c2*1-3-13(7(2)14)10-5-4-8(11)6-9(10)12;2*1-2-4-5-3-1;/h2*4-5H,3H2,1-2H3;2*1-5H;/q4*-1;+4. The van der Waals surface area contributed by atoms with Crippen molar-refractivity contribution in [2.24, 2.45) is 0 Å². The monoisotopic (exact) mass is 574 g/mol. The molecule has 2 amide bonds. The van der Waals surface area contributed by atoms with Crippen LogP contribution >= 0.6 is 0 Å². The van der Waals surface area contributed by atoms with Crippen molar-refractivity contribution in [3.63, 3.8) is 0 Å². The molecule has 0 bridgehead atoms. The van der Waals surface area contributed by atoms with Gasteiger partial charge in [0.05, 0.1) is 0 Å². The Morgan fingerprint density at radius 3 is 1.15 bits per heavy atom. The van der Waals surface area contributed by atoms with Crippen LogP contribution in [-0.4, -0.2) is 24.9 Å². The summed E-state index contributed by atoms with van der Waals surface area (Å²) in [5.74, 6) is -3.81. The summed E-state index contributed by atoms with van der Waals surface area (Å²) in [5.41, 5.74) is 0.114. The van der Waals surface area contributed by atoms with Crippen LogP contribution in [0, 0.1) is 35.4 Å². The third kappa shape index (κ3) is 13.2. The second-order valence-electron chi connectivity index (χ2n) is 7.46. The molecule has 0 fully saturated rings. The first-order valence-corrected chi connectivity index (χ1v) is 11.8. The van der Waals surface area contributed by atoms with Gasteiger partial charge in [-0.05, 0) is 25.2 Å². The van der Waals surface area contributed by atoms with E-state index in [0.29, 0.717) is 13.1 Å². The summed E-state index contributed by atoms with van der Waals surface area (Å²) in [6, 6.07) is 28.4. The maximum Gasteiger partial charge on any atom is 4.00 e. The van der Waals surface area contributed by atoms with E-state index in [1.807, 2.05) is 72.8 Å². The molecule has 4 nitrogen and oxygen atoms in total. The summed E-state index contributed by atoms with van der Waals surface area (Å²) in [5, 5.41) is 0. The molecule has 0 spiro atoms. The molecule has 0 unspecified atom stereocenters. The molecule has 39 heavy (non-hydrogen) atoms. The van der Waals surface area contributed by atoms with Gasteiger partial charge in [0.15, 0.2) is 0 Å². The van der Waals surface area contributed by atoms with E-state index in [0.717, 1.165) is 12.1 Å². The summed E-state index contributed by atoms with van der Waals surface area (Å²) >= 11 is 0. The molecule has 0 aromatic heterocycles. The Balaban J connectivity index is 0.000000537. The number of hydrogen-bond acceptors (Lipinski definition) is 2. The van der Waals surface area contributed by atoms with Crippen molar-refractivity contribution in [3.8, 4) is 0 Å². The molecule has 0 aliphatic heterocycles. The number of hydrogen-bond donors (Lipinski definition) is 0. The molecule has 4 rings (SSSR count). The van der Waals surface area contributed by atoms with Gasteiger partial charge in [-0.15, -0.1) is 36.4 Å². The number of anilines is 2. The van der Waals surface area contributed by atoms with Crippen molar-refractivity contribution >= 4 is 23.2 Å². The third-order valence-electron chi connectivity index (χ3n) is 4.77. The molecule has 0 aliphatic carbocycles. The second kappa shape index (κ2) is 19.6. The molecule has 204 valence electrons. The normalized spacial score (nSPS) is 9.23. The zero-order valence-electron chi connectivity index (χ0n) is 22.2. The van der Waals surface area contributed by atoms with Crippen LogP contribution in [-0.2, 0) is 31.3 Å². The number of benzene rings is 2. The predicted octanol–water partition coefficient (Wildman–Crippen LogP) is 7.08. The minimum atomic E-state index is -0.845. The Morgan fingerprint density at radius 2 is 0.974 bits per heavy atom. The average molecular weight is 574 g/mol. The smallest absolute Gasteiger partial charge is 0.364 e. The van der Waals surface area contributed by atoms with Crippen molar-refractivity contribution in [2.45, 2.75) is 27.7 Å². The van der Waals surface area contributed by atoms with Gasteiger partial charge in [0.1, 0.15) is 0 Å². The molecule has 0 N–H and O–H groups in total. The zero-order chi connectivity index (χ0) is 28.5. The number of carbonyl (C=O) groups excluding carboxylic acids is 2. The molecule has 9 heteroatoms. The topological polar surface area (TPSA) is 40.6 Å². The van der Waals surface area contributed by atoms with Crippen LogP contribution < -0.4 is 9.80 Å². The van der Waals surface area contributed by atoms with Crippen LogP contribution in [0.2, 0.25) is 0 Å². The molecule has 0 aliphatic rings. The number of halogens is 4. The van der Waals surface area contributed by atoms with E-state index in [1.54, 1.807) is 13.8 Å². The number of amides is 2. The molecule has 0 saturated heterocycles. The van der Waals surface area contributed by atoms with Crippen LogP contribution in [0.3, 0.4) is 0 Å². The molecule has 0 heterocycles. The fourth-order valence-corrected chi connectivity index (χ4v) is 3.06. The van der Waals surface area contributed by atoms with Crippen LogP contribution in [0.25, 0.3) is 0 Å². The van der Waals surface area contributed by atoms with Crippen LogP contribution in [0.4, 0.5) is 28.9 Å². The Hall–Kier alpha value is -3.49. The Bertz CT molecular complexity index is 1090. The van der Waals surface area contributed by atoms with E-state index in [9.17, 15) is 27.2 Å². The van der Waals surface area contributed by atoms with E-state index in [1.165, 1.54) is 35.8 Å². The predicted molar refractivity (Wildman–Crippen MR) is 142 cm³/mol. The van der Waals surface area contributed by atoms with Crippen LogP contribution in [0.15, 0.2) is 84.9 Å². The molecule has 0 saturated carbocycles. The van der Waals surface area contributed by atoms with E-state index in [4.69, 9.17) is 0 Å². The Morgan fingerprint density at radius 1 is 0.667 bits per heavy atom. The number of carbonyl (C=O) groups is 2. The van der Waals surface area contributed by atoms with Gasteiger partial charge in [-0.25, -0.2) is 41.8 Å². The first-order chi connectivity index (χ1) is 18.1. The van der Waals surface area contributed by atoms with Crippen LogP contribution in [0.1, 0.15) is 27.7 Å². The molecule has 4 aromatic rings. The fraction of sp³-hybridized carbons (Fsp3) is 0.200. The van der Waals surface area contributed by atoms with Crippen molar-refractivity contribution < 1.29 is 48.9 Å². The summed E-state index contributed by atoms with van der Waals surface area (Å²) in [4.78, 5) is 24.6. The van der Waals surface area contributed by atoms with Gasteiger partial charge in [0.2, 0.25) is 11.8 Å². The first kappa shape index (κ1) is 35.5. The van der Waals surface area contributed by atoms with Gasteiger partial charge in [0.25, 0.3) is 0 Å². The van der Waals surface area contributed by atoms with Crippen molar-refractivity contribution in [1.29, 1.82) is 0 Å². The quantitative estimate of drug-likeness (QED) is 0.149. The average Bonchev–Trinajstić information content (AvgIpc) is 3.62. The van der Waals surface area contributed by atoms with E-state index in [2.05, 4.69) is 0 Å². The van der Waals surface area contributed by atoms with Crippen molar-refractivity contribution in [3.05, 3.63) is 120 Å². The van der Waals surface area contributed by atoms with Crippen LogP contribution in [0.5, 0.6) is 0 Å². The van der Waals surface area contributed by atoms with E-state index < -0.39 is 23.3 Å². The van der Waals surface area contributed by atoms with E-state index in [-0.39, 0.29) is 44.9 Å². The molecule has 0 radical (unpaired) electrons. The zero-order valence-corrected chi connectivity index (χ0v) is 23.8. The first-order valence-electron chi connectivity index (χ1n) is 11.8. The van der Waals surface area contributed by atoms with Gasteiger partial charge in [-0.2, -0.15) is 36.4 Å². The van der Waals surface area contributed by atoms with Gasteiger partial charge in [-0.1, -0.05) is 0 Å². The number of nitrogens with zero attached hydrogens (tertiary/aromatic N) is 2. The Labute approximate surface area is 242 Å². The fourth-order valence-electron chi connectivity index (χ4n) is 3.06. The summed E-state index contributed by atoms with van der Waals surface area (Å²) in [6.07, 6.45) is 0. The molecular weight excluding hydrogens is 544 g/mol. The molecule has 0 atom stereocenters. The summed E-state index contributed by atoms with van der Waals surface area (Å²) in [7, 11) is 0.